The number of rotatable bonds is 5. The van der Waals surface area contributed by atoms with Gasteiger partial charge in [-0.1, -0.05) is 0 Å². The fourth-order valence-electron chi connectivity index (χ4n) is 1.46. The van der Waals surface area contributed by atoms with Gasteiger partial charge < -0.3 is 15.2 Å². The van der Waals surface area contributed by atoms with Crippen LogP contribution in [0, 0.1) is 0 Å². The predicted octanol–water partition coefficient (Wildman–Crippen LogP) is -0.318. The molecule has 13 heavy (non-hydrogen) atoms. The Bertz CT molecular complexity index is 133. The van der Waals surface area contributed by atoms with Crippen molar-refractivity contribution in [3.8, 4) is 0 Å². The maximum Gasteiger partial charge on any atom is 0.0824 e. The van der Waals surface area contributed by atoms with Crippen molar-refractivity contribution in [3.05, 3.63) is 0 Å². The van der Waals surface area contributed by atoms with E-state index >= 15 is 0 Å². The average Bonchev–Trinajstić information content (AvgIpc) is 2.19. The summed E-state index contributed by atoms with van der Waals surface area (Å²) in [6, 6.07) is 0. The van der Waals surface area contributed by atoms with Gasteiger partial charge in [-0.2, -0.15) is 0 Å². The van der Waals surface area contributed by atoms with Gasteiger partial charge >= 0.3 is 0 Å². The Balaban J connectivity index is 2.11. The lowest BCUT2D eigenvalue weighted by atomic mass is 10.3. The van der Waals surface area contributed by atoms with Gasteiger partial charge in [-0.15, -0.1) is 0 Å². The van der Waals surface area contributed by atoms with Gasteiger partial charge in [0.05, 0.1) is 19.3 Å². The van der Waals surface area contributed by atoms with Crippen molar-refractivity contribution in [2.24, 2.45) is 5.73 Å². The summed E-state index contributed by atoms with van der Waals surface area (Å²) < 4.78 is 10.7. The van der Waals surface area contributed by atoms with E-state index in [1.54, 1.807) is 0 Å². The zero-order chi connectivity index (χ0) is 9.52. The van der Waals surface area contributed by atoms with Crippen molar-refractivity contribution in [3.63, 3.8) is 0 Å². The van der Waals surface area contributed by atoms with Crippen LogP contribution in [-0.2, 0) is 9.47 Å². The molecule has 4 heteroatoms. The predicted molar refractivity (Wildman–Crippen MR) is 51.7 cm³/mol. The number of hydrogen-bond donors (Lipinski definition) is 1. The molecule has 1 heterocycles. The fraction of sp³-hybridized carbons (Fsp3) is 1.00. The molecule has 78 valence electrons. The smallest absolute Gasteiger partial charge is 0.0824 e. The van der Waals surface area contributed by atoms with Crippen molar-refractivity contribution < 1.29 is 9.47 Å². The van der Waals surface area contributed by atoms with E-state index in [1.807, 2.05) is 6.92 Å². The van der Waals surface area contributed by atoms with Gasteiger partial charge in [0.1, 0.15) is 0 Å². The van der Waals surface area contributed by atoms with Gasteiger partial charge in [-0.3, -0.25) is 4.90 Å². The van der Waals surface area contributed by atoms with Gasteiger partial charge in [-0.25, -0.2) is 0 Å². The standard InChI is InChI=1S/C9H20N2O2/c1-2-12-5-3-11-4-6-13-9(7-10)8-11/h9H,2-8,10H2,1H3. The van der Waals surface area contributed by atoms with Crippen LogP contribution in [0.25, 0.3) is 0 Å². The molecule has 1 rings (SSSR count). The molecule has 0 aromatic rings. The Kier molecular flexibility index (Phi) is 5.31. The highest BCUT2D eigenvalue weighted by Crippen LogP contribution is 2.03. The number of ether oxygens (including phenoxy) is 2. The number of nitrogens with two attached hydrogens (primary N) is 1. The van der Waals surface area contributed by atoms with Crippen LogP contribution < -0.4 is 5.73 Å². The first-order valence-electron chi connectivity index (χ1n) is 4.98. The van der Waals surface area contributed by atoms with Crippen LogP contribution in [0.5, 0.6) is 0 Å². The maximum absolute atomic E-state index is 5.54. The molecule has 0 spiro atoms. The highest BCUT2D eigenvalue weighted by molar-refractivity contribution is 4.71. The quantitative estimate of drug-likeness (QED) is 0.601. The molecule has 0 saturated carbocycles. The van der Waals surface area contributed by atoms with Crippen LogP contribution in [0.2, 0.25) is 0 Å². The number of nitrogens with zero attached hydrogens (tertiary/aromatic N) is 1. The lowest BCUT2D eigenvalue weighted by Gasteiger charge is -2.32. The second-order valence-corrected chi connectivity index (χ2v) is 3.23. The van der Waals surface area contributed by atoms with Crippen LogP contribution in [0.1, 0.15) is 6.92 Å². The van der Waals surface area contributed by atoms with Gasteiger partial charge in [0.25, 0.3) is 0 Å². The molecule has 0 aliphatic carbocycles. The van der Waals surface area contributed by atoms with E-state index in [1.165, 1.54) is 0 Å². The largest absolute Gasteiger partial charge is 0.380 e. The highest BCUT2D eigenvalue weighted by atomic mass is 16.5. The summed E-state index contributed by atoms with van der Waals surface area (Å²) in [5.41, 5.74) is 5.54. The normalized spacial score (nSPS) is 24.9. The third kappa shape index (κ3) is 4.04. The van der Waals surface area contributed by atoms with Gasteiger partial charge in [0.15, 0.2) is 0 Å². The summed E-state index contributed by atoms with van der Waals surface area (Å²) >= 11 is 0. The average molecular weight is 188 g/mol. The molecule has 2 N–H and O–H groups in total. The molecule has 1 aliphatic rings. The van der Waals surface area contributed by atoms with E-state index in [0.29, 0.717) is 6.54 Å². The maximum atomic E-state index is 5.54. The molecule has 0 amide bonds. The van der Waals surface area contributed by atoms with Crippen LogP contribution in [0.4, 0.5) is 0 Å². The van der Waals surface area contributed by atoms with Gasteiger partial charge in [-0.05, 0) is 6.92 Å². The van der Waals surface area contributed by atoms with Gasteiger partial charge in [0, 0.05) is 32.8 Å². The summed E-state index contributed by atoms with van der Waals surface area (Å²) in [7, 11) is 0. The summed E-state index contributed by atoms with van der Waals surface area (Å²) in [5, 5.41) is 0. The van der Waals surface area contributed by atoms with E-state index in [0.717, 1.165) is 39.5 Å². The van der Waals surface area contributed by atoms with Crippen molar-refractivity contribution in [1.29, 1.82) is 0 Å². The van der Waals surface area contributed by atoms with Crippen LogP contribution in [0.3, 0.4) is 0 Å². The topological polar surface area (TPSA) is 47.7 Å². The second kappa shape index (κ2) is 6.32. The first kappa shape index (κ1) is 10.9. The lowest BCUT2D eigenvalue weighted by molar-refractivity contribution is -0.0308. The van der Waals surface area contributed by atoms with E-state index in [-0.39, 0.29) is 6.10 Å². The van der Waals surface area contributed by atoms with E-state index < -0.39 is 0 Å². The third-order valence-electron chi connectivity index (χ3n) is 2.24. The molecule has 1 saturated heterocycles. The van der Waals surface area contributed by atoms with Crippen molar-refractivity contribution in [2.75, 3.05) is 46.0 Å². The minimum absolute atomic E-state index is 0.218. The Labute approximate surface area is 80.0 Å². The molecule has 1 atom stereocenters. The molecule has 0 aromatic heterocycles. The minimum atomic E-state index is 0.218. The molecule has 0 aromatic carbocycles. The minimum Gasteiger partial charge on any atom is -0.380 e. The Morgan fingerprint density at radius 1 is 1.62 bits per heavy atom. The van der Waals surface area contributed by atoms with Crippen LogP contribution >= 0.6 is 0 Å². The van der Waals surface area contributed by atoms with Crippen molar-refractivity contribution >= 4 is 0 Å². The molecule has 1 unspecified atom stereocenters. The Morgan fingerprint density at radius 2 is 2.46 bits per heavy atom. The molecular weight excluding hydrogens is 168 g/mol. The van der Waals surface area contributed by atoms with Crippen molar-refractivity contribution in [1.82, 2.24) is 4.90 Å². The number of hydrogen-bond acceptors (Lipinski definition) is 4. The van der Waals surface area contributed by atoms with Crippen LogP contribution in [-0.4, -0.2) is 57.0 Å². The van der Waals surface area contributed by atoms with Crippen molar-refractivity contribution in [2.45, 2.75) is 13.0 Å². The second-order valence-electron chi connectivity index (χ2n) is 3.23. The summed E-state index contributed by atoms with van der Waals surface area (Å²) in [6.07, 6.45) is 0.218. The molecule has 0 bridgehead atoms. The van der Waals surface area contributed by atoms with Crippen LogP contribution in [0.15, 0.2) is 0 Å². The summed E-state index contributed by atoms with van der Waals surface area (Å²) in [4.78, 5) is 2.34. The molecule has 0 radical (unpaired) electrons. The third-order valence-corrected chi connectivity index (χ3v) is 2.24. The first-order chi connectivity index (χ1) is 6.36. The fourth-order valence-corrected chi connectivity index (χ4v) is 1.46. The highest BCUT2D eigenvalue weighted by Gasteiger charge is 2.18. The molecule has 1 fully saturated rings. The molecule has 4 nitrogen and oxygen atoms in total. The zero-order valence-electron chi connectivity index (χ0n) is 8.37. The SMILES string of the molecule is CCOCCN1CCOC(CN)C1. The van der Waals surface area contributed by atoms with Gasteiger partial charge in [0.2, 0.25) is 0 Å². The Morgan fingerprint density at radius 3 is 3.15 bits per heavy atom. The number of morpholine rings is 1. The monoisotopic (exact) mass is 188 g/mol. The van der Waals surface area contributed by atoms with E-state index in [2.05, 4.69) is 4.90 Å². The molecule has 1 aliphatic heterocycles. The zero-order valence-corrected chi connectivity index (χ0v) is 8.37. The summed E-state index contributed by atoms with van der Waals surface area (Å²) in [5.74, 6) is 0. The summed E-state index contributed by atoms with van der Waals surface area (Å²) in [6.45, 7) is 7.99. The Hall–Kier alpha value is -0.160. The van der Waals surface area contributed by atoms with E-state index in [4.69, 9.17) is 15.2 Å². The first-order valence-corrected chi connectivity index (χ1v) is 4.98. The molecular formula is C9H20N2O2. The lowest BCUT2D eigenvalue weighted by Crippen LogP contribution is -2.46. The van der Waals surface area contributed by atoms with E-state index in [9.17, 15) is 0 Å².